The number of hydrogen-bond donors (Lipinski definition) is 1. The summed E-state index contributed by atoms with van der Waals surface area (Å²) in [4.78, 5) is 17.7. The summed E-state index contributed by atoms with van der Waals surface area (Å²) in [6, 6.07) is 21.6. The van der Waals surface area contributed by atoms with E-state index in [1.54, 1.807) is 0 Å². The number of aliphatic hydroxyl groups is 1. The van der Waals surface area contributed by atoms with Crippen molar-refractivity contribution in [2.75, 3.05) is 0 Å². The molecule has 0 amide bonds. The second-order valence-corrected chi connectivity index (χ2v) is 11.0. The molecule has 3 nitrogen and oxygen atoms in total. The molecule has 0 bridgehead atoms. The number of allylic oxidation sites excluding steroid dienone is 2. The number of nitrogens with zero attached hydrogens (tertiary/aromatic N) is 1. The van der Waals surface area contributed by atoms with Crippen molar-refractivity contribution in [3.05, 3.63) is 77.6 Å². The van der Waals surface area contributed by atoms with Crippen LogP contribution in [0.4, 0.5) is 0 Å². The number of rotatable bonds is 5. The van der Waals surface area contributed by atoms with Gasteiger partial charge in [0.15, 0.2) is 5.78 Å². The van der Waals surface area contributed by atoms with Gasteiger partial charge in [0.2, 0.25) is 0 Å². The van der Waals surface area contributed by atoms with Gasteiger partial charge in [0.25, 0.3) is 0 Å². The number of benzene rings is 2. The van der Waals surface area contributed by atoms with Crippen LogP contribution in [-0.2, 0) is 24.9 Å². The molecular weight excluding hydrogens is 647 g/mol. The molecule has 3 aromatic rings. The number of ketones is 1. The second-order valence-electron chi connectivity index (χ2n) is 11.0. The van der Waals surface area contributed by atoms with E-state index in [0.29, 0.717) is 11.7 Å². The van der Waals surface area contributed by atoms with Gasteiger partial charge in [-0.2, -0.15) is 0 Å². The summed E-state index contributed by atoms with van der Waals surface area (Å²) in [7, 11) is 0. The van der Waals surface area contributed by atoms with Crippen molar-refractivity contribution in [3.63, 3.8) is 0 Å². The van der Waals surface area contributed by atoms with E-state index in [0.717, 1.165) is 73.7 Å². The van der Waals surface area contributed by atoms with E-state index in [2.05, 4.69) is 69.9 Å². The third kappa shape index (κ3) is 5.68. The summed E-state index contributed by atoms with van der Waals surface area (Å²) in [5.74, 6) is 1.04. The predicted molar refractivity (Wildman–Crippen MR) is 153 cm³/mol. The van der Waals surface area contributed by atoms with E-state index in [1.165, 1.54) is 10.9 Å². The van der Waals surface area contributed by atoms with Gasteiger partial charge in [-0.3, -0.25) is 9.78 Å². The number of hydrogen-bond acceptors (Lipinski definition) is 3. The van der Waals surface area contributed by atoms with Gasteiger partial charge >= 0.3 is 0 Å². The van der Waals surface area contributed by atoms with Gasteiger partial charge in [0, 0.05) is 36.5 Å². The van der Waals surface area contributed by atoms with Crippen LogP contribution in [0.15, 0.2) is 65.9 Å². The minimum Gasteiger partial charge on any atom is -0.511 e. The molecule has 2 aromatic carbocycles. The fourth-order valence-corrected chi connectivity index (χ4v) is 6.43. The average molecular weight is 689 g/mol. The quantitative estimate of drug-likeness (QED) is 0.272. The maximum Gasteiger partial charge on any atom is 0.168 e. The summed E-state index contributed by atoms with van der Waals surface area (Å²) in [5, 5.41) is 12.1. The van der Waals surface area contributed by atoms with Crippen LogP contribution in [0.2, 0.25) is 0 Å². The fourth-order valence-electron chi connectivity index (χ4n) is 6.43. The van der Waals surface area contributed by atoms with Crippen molar-refractivity contribution in [1.82, 2.24) is 4.98 Å². The molecule has 0 aliphatic heterocycles. The molecule has 0 spiro atoms. The molecule has 5 rings (SSSR count). The molecule has 1 N–H and O–H groups in total. The Hall–Kier alpha value is -2.29. The fraction of sp³-hybridized carbons (Fsp3) is 0.471. The van der Waals surface area contributed by atoms with E-state index < -0.39 is 0 Å². The number of fused-ring (bicyclic) bond motifs is 2. The maximum atomic E-state index is 13.1. The number of aliphatic hydroxyl groups excluding tert-OH is 1. The SMILES string of the molecule is CCC1(CC)CCC2CCC(CC)(CC)C(O)=C2C1=O.Cc1ccc2nc(-c3[c-]cccc3)ccc2c1.[Ir]. The first-order chi connectivity index (χ1) is 17.8. The van der Waals surface area contributed by atoms with Crippen molar-refractivity contribution < 1.29 is 30.0 Å². The molecule has 2 aliphatic carbocycles. The monoisotopic (exact) mass is 689 g/mol. The molecule has 205 valence electrons. The summed E-state index contributed by atoms with van der Waals surface area (Å²) in [6.45, 7) is 10.6. The van der Waals surface area contributed by atoms with Gasteiger partial charge in [-0.05, 0) is 87.4 Å². The third-order valence-corrected chi connectivity index (χ3v) is 9.37. The van der Waals surface area contributed by atoms with Crippen LogP contribution in [0.1, 0.15) is 84.6 Å². The summed E-state index contributed by atoms with van der Waals surface area (Å²) in [5.41, 5.74) is 4.78. The van der Waals surface area contributed by atoms with E-state index in [4.69, 9.17) is 0 Å². The molecule has 1 fully saturated rings. The molecule has 1 atom stereocenters. The largest absolute Gasteiger partial charge is 0.511 e. The Morgan fingerprint density at radius 3 is 2.18 bits per heavy atom. The van der Waals surface area contributed by atoms with E-state index in [1.807, 2.05) is 30.3 Å². The van der Waals surface area contributed by atoms with Crippen molar-refractivity contribution in [1.29, 1.82) is 0 Å². The third-order valence-electron chi connectivity index (χ3n) is 9.37. The molecule has 1 heterocycles. The average Bonchev–Trinajstić information content (AvgIpc) is 2.94. The van der Waals surface area contributed by atoms with Crippen LogP contribution >= 0.6 is 0 Å². The molecular formula is C34H42IrNO2-. The number of aromatic nitrogens is 1. The predicted octanol–water partition coefficient (Wildman–Crippen LogP) is 9.19. The summed E-state index contributed by atoms with van der Waals surface area (Å²) in [6.07, 6.45) is 7.87. The zero-order valence-corrected chi connectivity index (χ0v) is 26.0. The molecule has 2 aliphatic rings. The van der Waals surface area contributed by atoms with Gasteiger partial charge in [0.05, 0.1) is 5.52 Å². The van der Waals surface area contributed by atoms with E-state index in [-0.39, 0.29) is 36.7 Å². The molecule has 1 radical (unpaired) electrons. The first-order valence-electron chi connectivity index (χ1n) is 14.2. The topological polar surface area (TPSA) is 50.2 Å². The molecule has 0 saturated heterocycles. The zero-order valence-electron chi connectivity index (χ0n) is 23.6. The Morgan fingerprint density at radius 1 is 0.921 bits per heavy atom. The number of carbonyl (C=O) groups is 1. The zero-order chi connectivity index (χ0) is 26.6. The van der Waals surface area contributed by atoms with Crippen LogP contribution in [0.25, 0.3) is 22.2 Å². The van der Waals surface area contributed by atoms with Crippen LogP contribution in [-0.4, -0.2) is 15.9 Å². The summed E-state index contributed by atoms with van der Waals surface area (Å²) < 4.78 is 0. The number of carbonyl (C=O) groups excluding carboxylic acids is 1. The van der Waals surface area contributed by atoms with Crippen LogP contribution < -0.4 is 0 Å². The van der Waals surface area contributed by atoms with Gasteiger partial charge in [-0.15, -0.1) is 35.9 Å². The molecule has 1 aromatic heterocycles. The van der Waals surface area contributed by atoms with Crippen LogP contribution in [0.3, 0.4) is 0 Å². The maximum absolute atomic E-state index is 13.1. The van der Waals surface area contributed by atoms with Crippen molar-refractivity contribution in [3.8, 4) is 11.3 Å². The number of aryl methyl sites for hydroxylation is 1. The Bertz CT molecular complexity index is 1270. The molecule has 1 unspecified atom stereocenters. The summed E-state index contributed by atoms with van der Waals surface area (Å²) >= 11 is 0. The van der Waals surface area contributed by atoms with Crippen molar-refractivity contribution in [2.45, 2.75) is 86.0 Å². The van der Waals surface area contributed by atoms with Crippen LogP contribution in [0.5, 0.6) is 0 Å². The van der Waals surface area contributed by atoms with E-state index in [9.17, 15) is 9.90 Å². The van der Waals surface area contributed by atoms with Gasteiger partial charge in [-0.25, -0.2) is 0 Å². The standard InChI is InChI=1S/C18H30O2.C16H12N.Ir/c1-5-17(6-2)11-9-13-10-12-18(7-3,8-4)16(20)14(13)15(17)19;1-12-7-9-16-14(11-12)8-10-15(17-16)13-5-3-2-4-6-13;/h13,19H,5-12H2,1-4H3;2-5,7-11H,1H3;/q;-1;. The van der Waals surface area contributed by atoms with Crippen molar-refractivity contribution >= 4 is 16.7 Å². The van der Waals surface area contributed by atoms with Crippen molar-refractivity contribution in [2.24, 2.45) is 16.7 Å². The molecule has 38 heavy (non-hydrogen) atoms. The first kappa shape index (κ1) is 30.3. The minimum atomic E-state index is -0.204. The smallest absolute Gasteiger partial charge is 0.168 e. The normalized spacial score (nSPS) is 19.7. The number of Topliss-reactive ketones (excluding diaryl/α,β-unsaturated/α-hetero) is 1. The van der Waals surface area contributed by atoms with E-state index >= 15 is 0 Å². The Kier molecular flexibility index (Phi) is 10.1. The molecule has 4 heteroatoms. The first-order valence-corrected chi connectivity index (χ1v) is 14.2. The Labute approximate surface area is 242 Å². The molecule has 1 saturated carbocycles. The number of pyridine rings is 1. The van der Waals surface area contributed by atoms with Gasteiger partial charge in [-0.1, -0.05) is 51.5 Å². The minimum absolute atomic E-state index is 0. The van der Waals surface area contributed by atoms with Gasteiger partial charge < -0.3 is 5.11 Å². The Balaban J connectivity index is 0.000000207. The second kappa shape index (κ2) is 12.7. The van der Waals surface area contributed by atoms with Crippen LogP contribution in [0, 0.1) is 29.7 Å². The van der Waals surface area contributed by atoms with Gasteiger partial charge in [0.1, 0.15) is 5.76 Å². The Morgan fingerprint density at radius 2 is 1.58 bits per heavy atom.